The van der Waals surface area contributed by atoms with E-state index in [1.165, 1.54) is 0 Å². The molecule has 0 spiro atoms. The number of H-pyrrole nitrogens is 1. The summed E-state index contributed by atoms with van der Waals surface area (Å²) in [5, 5.41) is 0. The molecule has 0 bridgehead atoms. The minimum atomic E-state index is -0.747. The highest BCUT2D eigenvalue weighted by Crippen LogP contribution is 2.56. The number of carbonyl (C=O) groups is 3. The number of imidazole rings is 1. The zero-order chi connectivity index (χ0) is 23.4. The number of imide groups is 1. The van der Waals surface area contributed by atoms with Crippen molar-refractivity contribution in [1.82, 2.24) is 14.9 Å². The van der Waals surface area contributed by atoms with Crippen LogP contribution in [-0.4, -0.2) is 57.4 Å². The fourth-order valence-corrected chi connectivity index (χ4v) is 3.51. The Bertz CT molecular complexity index is 750. The maximum Gasteiger partial charge on any atom is 0.419 e. The third-order valence-electron chi connectivity index (χ3n) is 4.89. The molecule has 1 saturated carbocycles. The molecule has 9 nitrogen and oxygen atoms in total. The highest BCUT2D eigenvalue weighted by atomic mass is 16.6. The van der Waals surface area contributed by atoms with Crippen molar-refractivity contribution in [2.24, 2.45) is 5.92 Å². The highest BCUT2D eigenvalue weighted by Gasteiger charge is 2.62. The number of aromatic amines is 1. The molecule has 0 unspecified atom stereocenters. The number of esters is 1. The van der Waals surface area contributed by atoms with Gasteiger partial charge in [0.25, 0.3) is 0 Å². The van der Waals surface area contributed by atoms with E-state index in [1.54, 1.807) is 61.0 Å². The van der Waals surface area contributed by atoms with Crippen LogP contribution >= 0.6 is 0 Å². The van der Waals surface area contributed by atoms with E-state index in [2.05, 4.69) is 9.97 Å². The molecule has 0 saturated heterocycles. The van der Waals surface area contributed by atoms with Gasteiger partial charge in [0.1, 0.15) is 16.6 Å². The van der Waals surface area contributed by atoms with Gasteiger partial charge >= 0.3 is 18.2 Å². The summed E-state index contributed by atoms with van der Waals surface area (Å²) >= 11 is 0. The minimum Gasteiger partial charge on any atom is -0.465 e. The Labute approximate surface area is 183 Å². The van der Waals surface area contributed by atoms with Crippen LogP contribution in [0, 0.1) is 5.92 Å². The molecule has 9 heteroatoms. The number of nitrogens with zero attached hydrogens (tertiary/aromatic N) is 2. The summed E-state index contributed by atoms with van der Waals surface area (Å²) in [7, 11) is 0. The molecule has 1 heterocycles. The SMILES string of the molecule is CCOC(=O)[C@@]1(c2cnc[nH]2)C[C@H]1CCCN(C(=O)OC(C)(C)C)C(=O)OC(C)(C)C. The molecule has 1 aliphatic carbocycles. The maximum absolute atomic E-state index is 12.6. The molecule has 2 atom stereocenters. The van der Waals surface area contributed by atoms with Crippen molar-refractivity contribution >= 4 is 18.2 Å². The number of rotatable bonds is 7. The molecule has 1 aliphatic rings. The normalized spacial score (nSPS) is 20.7. The van der Waals surface area contributed by atoms with Gasteiger partial charge in [0.2, 0.25) is 0 Å². The van der Waals surface area contributed by atoms with Gasteiger partial charge in [-0.1, -0.05) is 0 Å². The Morgan fingerprint density at radius 2 is 1.71 bits per heavy atom. The Hall–Kier alpha value is -2.58. The average Bonchev–Trinajstić information content (AvgIpc) is 3.06. The molecule has 2 amide bonds. The summed E-state index contributed by atoms with van der Waals surface area (Å²) in [5.74, 6) is -0.244. The van der Waals surface area contributed by atoms with E-state index >= 15 is 0 Å². The minimum absolute atomic E-state index is 0.0334. The Morgan fingerprint density at radius 1 is 1.13 bits per heavy atom. The summed E-state index contributed by atoms with van der Waals surface area (Å²) < 4.78 is 16.0. The molecule has 1 fully saturated rings. The van der Waals surface area contributed by atoms with Crippen molar-refractivity contribution in [2.45, 2.75) is 84.3 Å². The Morgan fingerprint density at radius 3 is 2.16 bits per heavy atom. The van der Waals surface area contributed by atoms with Crippen molar-refractivity contribution in [1.29, 1.82) is 0 Å². The second-order valence-electron chi connectivity index (χ2n) is 9.81. The molecule has 1 aromatic rings. The molecule has 0 aliphatic heterocycles. The van der Waals surface area contributed by atoms with Crippen LogP contribution < -0.4 is 0 Å². The van der Waals surface area contributed by atoms with Gasteiger partial charge < -0.3 is 19.2 Å². The smallest absolute Gasteiger partial charge is 0.419 e. The van der Waals surface area contributed by atoms with Gasteiger partial charge in [-0.05, 0) is 73.6 Å². The van der Waals surface area contributed by atoms with Gasteiger partial charge in [-0.2, -0.15) is 0 Å². The van der Waals surface area contributed by atoms with Gasteiger partial charge in [0.05, 0.1) is 18.6 Å². The van der Waals surface area contributed by atoms with Crippen molar-refractivity contribution in [3.8, 4) is 0 Å². The van der Waals surface area contributed by atoms with E-state index in [-0.39, 0.29) is 18.4 Å². The van der Waals surface area contributed by atoms with Gasteiger partial charge in [-0.25, -0.2) is 19.5 Å². The van der Waals surface area contributed by atoms with Crippen LogP contribution in [0.3, 0.4) is 0 Å². The van der Waals surface area contributed by atoms with Crippen LogP contribution in [-0.2, 0) is 24.4 Å². The lowest BCUT2D eigenvalue weighted by Gasteiger charge is -2.28. The highest BCUT2D eigenvalue weighted by molar-refractivity contribution is 5.88. The van der Waals surface area contributed by atoms with E-state index in [0.29, 0.717) is 25.9 Å². The monoisotopic (exact) mass is 437 g/mol. The Kier molecular flexibility index (Phi) is 7.39. The number of carbonyl (C=O) groups excluding carboxylic acids is 3. The van der Waals surface area contributed by atoms with Crippen LogP contribution in [0.2, 0.25) is 0 Å². The fourth-order valence-electron chi connectivity index (χ4n) is 3.51. The number of ether oxygens (including phenoxy) is 3. The first kappa shape index (κ1) is 24.7. The first-order valence-electron chi connectivity index (χ1n) is 10.7. The van der Waals surface area contributed by atoms with E-state index in [4.69, 9.17) is 14.2 Å². The van der Waals surface area contributed by atoms with Gasteiger partial charge in [-0.3, -0.25) is 4.79 Å². The molecule has 1 N–H and O–H groups in total. The van der Waals surface area contributed by atoms with E-state index in [0.717, 1.165) is 10.6 Å². The molecule has 0 radical (unpaired) electrons. The van der Waals surface area contributed by atoms with Crippen LogP contribution in [0.4, 0.5) is 9.59 Å². The van der Waals surface area contributed by atoms with Crippen LogP contribution in [0.5, 0.6) is 0 Å². The molecule has 0 aromatic carbocycles. The number of hydrogen-bond donors (Lipinski definition) is 1. The summed E-state index contributed by atoms with van der Waals surface area (Å²) in [4.78, 5) is 45.9. The fraction of sp³-hybridized carbons (Fsp3) is 0.727. The predicted molar refractivity (Wildman–Crippen MR) is 113 cm³/mol. The lowest BCUT2D eigenvalue weighted by atomic mass is 9.97. The maximum atomic E-state index is 12.6. The van der Waals surface area contributed by atoms with Crippen molar-refractivity contribution in [3.63, 3.8) is 0 Å². The lowest BCUT2D eigenvalue weighted by Crippen LogP contribution is -2.44. The van der Waals surface area contributed by atoms with E-state index < -0.39 is 28.8 Å². The van der Waals surface area contributed by atoms with Crippen molar-refractivity contribution in [3.05, 3.63) is 18.2 Å². The van der Waals surface area contributed by atoms with E-state index in [1.807, 2.05) is 0 Å². The molecular weight excluding hydrogens is 402 g/mol. The zero-order valence-electron chi connectivity index (χ0n) is 19.6. The first-order chi connectivity index (χ1) is 14.3. The van der Waals surface area contributed by atoms with Crippen molar-refractivity contribution in [2.75, 3.05) is 13.2 Å². The molecule has 1 aromatic heterocycles. The second kappa shape index (κ2) is 9.28. The van der Waals surface area contributed by atoms with E-state index in [9.17, 15) is 14.4 Å². The summed E-state index contributed by atoms with van der Waals surface area (Å²) in [5.41, 5.74) is -1.50. The van der Waals surface area contributed by atoms with Crippen molar-refractivity contribution < 1.29 is 28.6 Å². The topological polar surface area (TPSA) is 111 Å². The third-order valence-corrected chi connectivity index (χ3v) is 4.89. The molecule has 2 rings (SSSR count). The van der Waals surface area contributed by atoms with Gasteiger partial charge in [0, 0.05) is 12.7 Å². The third kappa shape index (κ3) is 6.45. The molecule has 31 heavy (non-hydrogen) atoms. The molecule has 174 valence electrons. The van der Waals surface area contributed by atoms with Crippen LogP contribution in [0.15, 0.2) is 12.5 Å². The lowest BCUT2D eigenvalue weighted by molar-refractivity contribution is -0.146. The Balaban J connectivity index is 2.05. The van der Waals surface area contributed by atoms with Crippen LogP contribution in [0.1, 0.15) is 73.4 Å². The number of amides is 2. The number of hydrogen-bond acceptors (Lipinski definition) is 7. The number of nitrogens with one attached hydrogen (secondary N) is 1. The second-order valence-corrected chi connectivity index (χ2v) is 9.81. The average molecular weight is 438 g/mol. The number of aromatic nitrogens is 2. The predicted octanol–water partition coefficient (Wildman–Crippen LogP) is 4.18. The quantitative estimate of drug-likeness (QED) is 0.503. The standard InChI is InChI=1S/C22H35N3O6/c1-8-29-17(26)22(16-13-23-14-24-16)12-15(22)10-9-11-25(18(27)30-20(2,3)4)19(28)31-21(5,6)7/h13-15H,8-12H2,1-7H3,(H,23,24)/t15-,22+/m1/s1. The zero-order valence-corrected chi connectivity index (χ0v) is 19.6. The molecular formula is C22H35N3O6. The summed E-state index contributed by atoms with van der Waals surface area (Å²) in [6, 6.07) is 0. The summed E-state index contributed by atoms with van der Waals surface area (Å²) in [6.45, 7) is 12.6. The largest absolute Gasteiger partial charge is 0.465 e. The summed E-state index contributed by atoms with van der Waals surface area (Å²) in [6.07, 6.45) is 3.44. The van der Waals surface area contributed by atoms with Crippen LogP contribution in [0.25, 0.3) is 0 Å². The van der Waals surface area contributed by atoms with Gasteiger partial charge in [-0.15, -0.1) is 0 Å². The first-order valence-corrected chi connectivity index (χ1v) is 10.7. The van der Waals surface area contributed by atoms with Gasteiger partial charge in [0.15, 0.2) is 0 Å².